The zero-order chi connectivity index (χ0) is 22.1. The van der Waals surface area contributed by atoms with Crippen molar-refractivity contribution in [3.05, 3.63) is 18.2 Å². The maximum atomic E-state index is 13.4. The van der Waals surface area contributed by atoms with E-state index in [-0.39, 0.29) is 11.9 Å². The standard InChI is InChI=1S/C20H26F2N8O/c1-4-16(31)28-7-6-13(9-28)26-18-17-20(24-11-23-18)29(10-15(21)22)19(27-17)14-8-25-30(5-2)12(14)3/h8,11,13,15H,4-7,9-10H2,1-3H3,(H,23,24,26)/t13-/m0/s1. The second-order valence-electron chi connectivity index (χ2n) is 7.61. The van der Waals surface area contributed by atoms with Crippen LogP contribution in [-0.4, -0.2) is 65.7 Å². The Kier molecular flexibility index (Phi) is 5.84. The minimum Gasteiger partial charge on any atom is -0.364 e. The van der Waals surface area contributed by atoms with Crippen LogP contribution in [0.25, 0.3) is 22.6 Å². The van der Waals surface area contributed by atoms with Gasteiger partial charge in [0.2, 0.25) is 5.91 Å². The molecule has 3 aromatic heterocycles. The van der Waals surface area contributed by atoms with Gasteiger partial charge in [0, 0.05) is 37.8 Å². The van der Waals surface area contributed by atoms with Gasteiger partial charge >= 0.3 is 0 Å². The molecule has 1 amide bonds. The highest BCUT2D eigenvalue weighted by Crippen LogP contribution is 2.30. The van der Waals surface area contributed by atoms with Crippen molar-refractivity contribution in [1.29, 1.82) is 0 Å². The van der Waals surface area contributed by atoms with E-state index in [1.807, 2.05) is 25.7 Å². The van der Waals surface area contributed by atoms with E-state index in [4.69, 9.17) is 0 Å². The van der Waals surface area contributed by atoms with Crippen molar-refractivity contribution in [2.24, 2.45) is 0 Å². The Hall–Kier alpha value is -3.11. The minimum atomic E-state index is -2.56. The Bertz CT molecular complexity index is 1090. The van der Waals surface area contributed by atoms with Crippen LogP contribution < -0.4 is 5.32 Å². The predicted octanol–water partition coefficient (Wildman–Crippen LogP) is 2.71. The number of likely N-dealkylation sites (tertiary alicyclic amines) is 1. The fraction of sp³-hybridized carbons (Fsp3) is 0.550. The monoisotopic (exact) mass is 432 g/mol. The van der Waals surface area contributed by atoms with Crippen LogP contribution in [0.2, 0.25) is 0 Å². The van der Waals surface area contributed by atoms with E-state index in [2.05, 4.69) is 25.4 Å². The molecule has 4 heterocycles. The van der Waals surface area contributed by atoms with Crippen molar-refractivity contribution in [3.63, 3.8) is 0 Å². The van der Waals surface area contributed by atoms with Gasteiger partial charge in [0.05, 0.1) is 18.3 Å². The van der Waals surface area contributed by atoms with Crippen LogP contribution >= 0.6 is 0 Å². The van der Waals surface area contributed by atoms with Gasteiger partial charge in [-0.2, -0.15) is 5.10 Å². The quantitative estimate of drug-likeness (QED) is 0.617. The molecule has 1 aliphatic heterocycles. The largest absolute Gasteiger partial charge is 0.364 e. The molecule has 0 radical (unpaired) electrons. The number of fused-ring (bicyclic) bond motifs is 1. The lowest BCUT2D eigenvalue weighted by molar-refractivity contribution is -0.129. The topological polar surface area (TPSA) is 93.8 Å². The summed E-state index contributed by atoms with van der Waals surface area (Å²) in [6, 6.07) is 0.0156. The van der Waals surface area contributed by atoms with Crippen LogP contribution in [0.3, 0.4) is 0 Å². The third kappa shape index (κ3) is 3.96. The molecule has 0 aromatic carbocycles. The van der Waals surface area contributed by atoms with Gasteiger partial charge in [0.25, 0.3) is 6.43 Å². The lowest BCUT2D eigenvalue weighted by Gasteiger charge is -2.16. The van der Waals surface area contributed by atoms with Crippen LogP contribution in [0.5, 0.6) is 0 Å². The number of nitrogens with one attached hydrogen (secondary N) is 1. The molecule has 31 heavy (non-hydrogen) atoms. The molecule has 3 aromatic rings. The maximum absolute atomic E-state index is 13.4. The summed E-state index contributed by atoms with van der Waals surface area (Å²) in [5.74, 6) is 0.991. The summed E-state index contributed by atoms with van der Waals surface area (Å²) < 4.78 is 30.0. The van der Waals surface area contributed by atoms with E-state index in [1.165, 1.54) is 10.9 Å². The highest BCUT2D eigenvalue weighted by molar-refractivity contribution is 5.86. The minimum absolute atomic E-state index is 0.0156. The summed E-state index contributed by atoms with van der Waals surface area (Å²) in [5.41, 5.74) is 2.31. The number of hydrogen-bond acceptors (Lipinski definition) is 6. The van der Waals surface area contributed by atoms with Crippen molar-refractivity contribution < 1.29 is 13.6 Å². The first-order valence-electron chi connectivity index (χ1n) is 10.5. The summed E-state index contributed by atoms with van der Waals surface area (Å²) in [6.45, 7) is 7.10. The van der Waals surface area contributed by atoms with E-state index in [0.717, 1.165) is 12.1 Å². The fourth-order valence-electron chi connectivity index (χ4n) is 4.07. The van der Waals surface area contributed by atoms with E-state index in [1.54, 1.807) is 10.9 Å². The van der Waals surface area contributed by atoms with Crippen LogP contribution in [0.4, 0.5) is 14.6 Å². The molecule has 11 heteroatoms. The molecule has 1 N–H and O–H groups in total. The molecule has 4 rings (SSSR count). The molecular formula is C20H26F2N8O. The van der Waals surface area contributed by atoms with Gasteiger partial charge in [0.1, 0.15) is 12.2 Å². The number of alkyl halides is 2. The normalized spacial score (nSPS) is 16.6. The summed E-state index contributed by atoms with van der Waals surface area (Å²) in [5, 5.41) is 7.67. The lowest BCUT2D eigenvalue weighted by Crippen LogP contribution is -2.31. The van der Waals surface area contributed by atoms with Gasteiger partial charge in [-0.05, 0) is 20.3 Å². The third-order valence-corrected chi connectivity index (χ3v) is 5.68. The molecule has 1 fully saturated rings. The summed E-state index contributed by atoms with van der Waals surface area (Å²) in [7, 11) is 0. The summed E-state index contributed by atoms with van der Waals surface area (Å²) >= 11 is 0. The molecular weight excluding hydrogens is 406 g/mol. The van der Waals surface area contributed by atoms with Crippen molar-refractivity contribution >= 4 is 22.9 Å². The molecule has 1 atom stereocenters. The van der Waals surface area contributed by atoms with Gasteiger partial charge in [0.15, 0.2) is 17.0 Å². The molecule has 0 bridgehead atoms. The molecule has 166 valence electrons. The number of nitrogens with zero attached hydrogens (tertiary/aromatic N) is 7. The second-order valence-corrected chi connectivity index (χ2v) is 7.61. The number of imidazole rings is 1. The number of carbonyl (C=O) groups is 1. The molecule has 1 saturated heterocycles. The number of halogens is 2. The zero-order valence-corrected chi connectivity index (χ0v) is 17.8. The first-order valence-corrected chi connectivity index (χ1v) is 10.5. The first-order chi connectivity index (χ1) is 14.9. The SMILES string of the molecule is CCC(=O)N1CC[C@H](Nc2ncnc3c2nc(-c2cnn(CC)c2C)n3CC(F)F)C1. The number of carbonyl (C=O) groups excluding carboxylic acids is 1. The Morgan fingerprint density at radius 1 is 1.32 bits per heavy atom. The van der Waals surface area contributed by atoms with Crippen LogP contribution in [-0.2, 0) is 17.9 Å². The number of amides is 1. The van der Waals surface area contributed by atoms with Gasteiger partial charge in [-0.15, -0.1) is 0 Å². The van der Waals surface area contributed by atoms with Crippen molar-refractivity contribution in [2.45, 2.75) is 59.2 Å². The molecule has 0 spiro atoms. The lowest BCUT2D eigenvalue weighted by atomic mass is 10.2. The Labute approximate surface area is 178 Å². The molecule has 1 aliphatic rings. The fourth-order valence-corrected chi connectivity index (χ4v) is 4.07. The molecule has 0 saturated carbocycles. The number of rotatable bonds is 7. The van der Waals surface area contributed by atoms with E-state index in [9.17, 15) is 13.6 Å². The number of aromatic nitrogens is 6. The zero-order valence-electron chi connectivity index (χ0n) is 17.8. The first kappa shape index (κ1) is 21.1. The highest BCUT2D eigenvalue weighted by Gasteiger charge is 2.27. The number of hydrogen-bond donors (Lipinski definition) is 1. The average Bonchev–Trinajstić information content (AvgIpc) is 3.45. The average molecular weight is 432 g/mol. The Morgan fingerprint density at radius 3 is 2.81 bits per heavy atom. The Morgan fingerprint density at radius 2 is 2.13 bits per heavy atom. The van der Waals surface area contributed by atoms with Crippen molar-refractivity contribution in [3.8, 4) is 11.4 Å². The highest BCUT2D eigenvalue weighted by atomic mass is 19.3. The van der Waals surface area contributed by atoms with E-state index >= 15 is 0 Å². The van der Waals surface area contributed by atoms with Crippen molar-refractivity contribution in [2.75, 3.05) is 18.4 Å². The van der Waals surface area contributed by atoms with Gasteiger partial charge in [-0.3, -0.25) is 9.48 Å². The van der Waals surface area contributed by atoms with E-state index in [0.29, 0.717) is 54.4 Å². The summed E-state index contributed by atoms with van der Waals surface area (Å²) in [6.07, 6.45) is 1.69. The summed E-state index contributed by atoms with van der Waals surface area (Å²) in [4.78, 5) is 27.0. The second kappa shape index (κ2) is 8.56. The number of anilines is 1. The van der Waals surface area contributed by atoms with Crippen LogP contribution in [0.1, 0.15) is 32.4 Å². The molecule has 0 unspecified atom stereocenters. The van der Waals surface area contributed by atoms with Gasteiger partial charge in [-0.25, -0.2) is 23.7 Å². The van der Waals surface area contributed by atoms with Gasteiger partial charge in [-0.1, -0.05) is 6.92 Å². The Balaban J connectivity index is 1.73. The molecule has 9 nitrogen and oxygen atoms in total. The van der Waals surface area contributed by atoms with E-state index < -0.39 is 13.0 Å². The van der Waals surface area contributed by atoms with Gasteiger partial charge < -0.3 is 14.8 Å². The maximum Gasteiger partial charge on any atom is 0.256 e. The third-order valence-electron chi connectivity index (χ3n) is 5.68. The predicted molar refractivity (Wildman–Crippen MR) is 112 cm³/mol. The number of aryl methyl sites for hydroxylation is 1. The van der Waals surface area contributed by atoms with Crippen LogP contribution in [0.15, 0.2) is 12.5 Å². The smallest absolute Gasteiger partial charge is 0.256 e. The molecule has 0 aliphatic carbocycles. The van der Waals surface area contributed by atoms with Crippen LogP contribution in [0, 0.1) is 6.92 Å². The van der Waals surface area contributed by atoms with Crippen molar-refractivity contribution in [1.82, 2.24) is 34.2 Å².